The van der Waals surface area contributed by atoms with Crippen molar-refractivity contribution in [3.8, 4) is 0 Å². The molecule has 0 atom stereocenters. The second-order valence-electron chi connectivity index (χ2n) is 4.29. The molecule has 3 nitrogen and oxygen atoms in total. The lowest BCUT2D eigenvalue weighted by Crippen LogP contribution is -2.08. The molecule has 0 spiro atoms. The van der Waals surface area contributed by atoms with Gasteiger partial charge in [0.15, 0.2) is 5.76 Å². The molecule has 102 valence electrons. The molecule has 1 N–H and O–H groups in total. The first-order chi connectivity index (χ1) is 9.70. The Morgan fingerprint density at radius 2 is 2.00 bits per heavy atom. The standard InChI is InChI=1S/C17H16O3/c1-2-20-17-12-16(19)15(18)11-14(17)10-6-9-13-7-4-3-5-8-13/h3-8,11-12,18H,2,9H2,1H3. The summed E-state index contributed by atoms with van der Waals surface area (Å²) in [5.41, 5.74) is 4.82. The fraction of sp³-hybridized carbons (Fsp3) is 0.176. The second kappa shape index (κ2) is 6.60. The van der Waals surface area contributed by atoms with Crippen LogP contribution in [0.25, 0.3) is 0 Å². The SMILES string of the molecule is CCOC1=CC(=O)C(O)=CC1=C=CCc1ccccc1. The van der Waals surface area contributed by atoms with Crippen molar-refractivity contribution in [2.45, 2.75) is 13.3 Å². The van der Waals surface area contributed by atoms with Crippen LogP contribution in [-0.2, 0) is 16.0 Å². The van der Waals surface area contributed by atoms with E-state index in [0.29, 0.717) is 17.9 Å². The molecule has 20 heavy (non-hydrogen) atoms. The van der Waals surface area contributed by atoms with Gasteiger partial charge in [0.1, 0.15) is 5.76 Å². The Balaban J connectivity index is 2.22. The van der Waals surface area contributed by atoms with Crippen molar-refractivity contribution >= 4 is 5.78 Å². The molecule has 0 bridgehead atoms. The van der Waals surface area contributed by atoms with E-state index in [2.05, 4.69) is 5.73 Å². The predicted molar refractivity (Wildman–Crippen MR) is 77.2 cm³/mol. The monoisotopic (exact) mass is 268 g/mol. The predicted octanol–water partition coefficient (Wildman–Crippen LogP) is 3.26. The lowest BCUT2D eigenvalue weighted by atomic mass is 10.1. The maximum atomic E-state index is 11.4. The van der Waals surface area contributed by atoms with Crippen molar-refractivity contribution in [2.24, 2.45) is 0 Å². The molecule has 1 aromatic carbocycles. The van der Waals surface area contributed by atoms with Crippen LogP contribution in [0, 0.1) is 0 Å². The van der Waals surface area contributed by atoms with Gasteiger partial charge in [0.25, 0.3) is 0 Å². The lowest BCUT2D eigenvalue weighted by Gasteiger charge is -2.11. The van der Waals surface area contributed by atoms with E-state index in [-0.39, 0.29) is 5.76 Å². The fourth-order valence-electron chi connectivity index (χ4n) is 1.83. The highest BCUT2D eigenvalue weighted by atomic mass is 16.5. The van der Waals surface area contributed by atoms with Gasteiger partial charge in [0.05, 0.1) is 12.2 Å². The van der Waals surface area contributed by atoms with E-state index in [1.807, 2.05) is 43.3 Å². The topological polar surface area (TPSA) is 46.5 Å². The first-order valence-electron chi connectivity index (χ1n) is 6.49. The smallest absolute Gasteiger partial charge is 0.223 e. The number of rotatable bonds is 4. The summed E-state index contributed by atoms with van der Waals surface area (Å²) in [4.78, 5) is 11.4. The summed E-state index contributed by atoms with van der Waals surface area (Å²) in [5.74, 6) is -0.286. The minimum absolute atomic E-state index is 0.288. The number of carbonyl (C=O) groups is 1. The van der Waals surface area contributed by atoms with Gasteiger partial charge in [-0.25, -0.2) is 0 Å². The Bertz CT molecular complexity index is 615. The summed E-state index contributed by atoms with van der Waals surface area (Å²) < 4.78 is 5.38. The maximum absolute atomic E-state index is 11.4. The zero-order valence-electron chi connectivity index (χ0n) is 11.3. The van der Waals surface area contributed by atoms with Crippen molar-refractivity contribution in [3.05, 3.63) is 76.9 Å². The number of ether oxygens (including phenoxy) is 1. The highest BCUT2D eigenvalue weighted by Crippen LogP contribution is 2.19. The van der Waals surface area contributed by atoms with Crippen molar-refractivity contribution in [1.29, 1.82) is 0 Å². The number of aliphatic hydroxyl groups excluding tert-OH is 1. The number of aliphatic hydroxyl groups is 1. The maximum Gasteiger partial charge on any atom is 0.223 e. The Kier molecular flexibility index (Phi) is 4.59. The molecule has 0 heterocycles. The van der Waals surface area contributed by atoms with Gasteiger partial charge in [-0.3, -0.25) is 4.79 Å². The van der Waals surface area contributed by atoms with E-state index in [0.717, 1.165) is 6.42 Å². The van der Waals surface area contributed by atoms with E-state index >= 15 is 0 Å². The summed E-state index contributed by atoms with van der Waals surface area (Å²) in [5, 5.41) is 9.49. The Morgan fingerprint density at radius 1 is 1.25 bits per heavy atom. The van der Waals surface area contributed by atoms with Gasteiger partial charge in [-0.2, -0.15) is 0 Å². The Hall–Kier alpha value is -2.51. The third kappa shape index (κ3) is 3.50. The Labute approximate surface area is 118 Å². The average Bonchev–Trinajstić information content (AvgIpc) is 2.45. The highest BCUT2D eigenvalue weighted by molar-refractivity contribution is 6.04. The summed E-state index contributed by atoms with van der Waals surface area (Å²) >= 11 is 0. The molecule has 1 aromatic rings. The number of carbonyl (C=O) groups excluding carboxylic acids is 1. The highest BCUT2D eigenvalue weighted by Gasteiger charge is 2.17. The van der Waals surface area contributed by atoms with Crippen LogP contribution >= 0.6 is 0 Å². The van der Waals surface area contributed by atoms with Gasteiger partial charge < -0.3 is 9.84 Å². The van der Waals surface area contributed by atoms with E-state index in [4.69, 9.17) is 4.74 Å². The third-order valence-electron chi connectivity index (χ3n) is 2.80. The quantitative estimate of drug-likeness (QED) is 0.853. The second-order valence-corrected chi connectivity index (χ2v) is 4.29. The molecule has 0 fully saturated rings. The fourth-order valence-corrected chi connectivity index (χ4v) is 1.83. The number of benzene rings is 1. The van der Waals surface area contributed by atoms with Gasteiger partial charge in [0, 0.05) is 12.2 Å². The number of hydrogen-bond acceptors (Lipinski definition) is 3. The summed E-state index contributed by atoms with van der Waals surface area (Å²) in [6.07, 6.45) is 5.26. The average molecular weight is 268 g/mol. The molecule has 0 radical (unpaired) electrons. The van der Waals surface area contributed by atoms with Crippen molar-refractivity contribution in [1.82, 2.24) is 0 Å². The first-order valence-corrected chi connectivity index (χ1v) is 6.49. The minimum atomic E-state index is -0.443. The minimum Gasteiger partial charge on any atom is -0.504 e. The molecule has 0 unspecified atom stereocenters. The van der Waals surface area contributed by atoms with Crippen LogP contribution in [0.2, 0.25) is 0 Å². The molecule has 3 heteroatoms. The molecule has 2 rings (SSSR count). The molecule has 1 aliphatic rings. The normalized spacial score (nSPS) is 14.2. The van der Waals surface area contributed by atoms with Gasteiger partial charge in [-0.1, -0.05) is 30.3 Å². The van der Waals surface area contributed by atoms with Crippen LogP contribution in [0.4, 0.5) is 0 Å². The zero-order chi connectivity index (χ0) is 14.4. The molecular weight excluding hydrogens is 252 g/mol. The molecule has 0 aliphatic heterocycles. The van der Waals surface area contributed by atoms with Gasteiger partial charge >= 0.3 is 0 Å². The zero-order valence-corrected chi connectivity index (χ0v) is 11.3. The van der Waals surface area contributed by atoms with Crippen LogP contribution in [0.15, 0.2) is 71.4 Å². The summed E-state index contributed by atoms with van der Waals surface area (Å²) in [7, 11) is 0. The van der Waals surface area contributed by atoms with E-state index < -0.39 is 5.78 Å². The third-order valence-corrected chi connectivity index (χ3v) is 2.80. The molecule has 1 aliphatic carbocycles. The van der Waals surface area contributed by atoms with Crippen LogP contribution in [0.5, 0.6) is 0 Å². The molecule has 0 saturated carbocycles. The van der Waals surface area contributed by atoms with Crippen molar-refractivity contribution in [2.75, 3.05) is 6.61 Å². The van der Waals surface area contributed by atoms with Crippen LogP contribution in [0.1, 0.15) is 12.5 Å². The van der Waals surface area contributed by atoms with E-state index in [9.17, 15) is 9.90 Å². The van der Waals surface area contributed by atoms with Crippen LogP contribution < -0.4 is 0 Å². The number of allylic oxidation sites excluding steroid dienone is 2. The largest absolute Gasteiger partial charge is 0.504 e. The summed E-state index contributed by atoms with van der Waals surface area (Å²) in [6, 6.07) is 9.98. The summed E-state index contributed by atoms with van der Waals surface area (Å²) in [6.45, 7) is 2.30. The molecule has 0 aromatic heterocycles. The first kappa shape index (κ1) is 13.9. The van der Waals surface area contributed by atoms with E-state index in [1.165, 1.54) is 17.7 Å². The Morgan fingerprint density at radius 3 is 2.70 bits per heavy atom. The molecule has 0 amide bonds. The molecular formula is C17H16O3. The van der Waals surface area contributed by atoms with Gasteiger partial charge in [-0.15, -0.1) is 5.73 Å². The van der Waals surface area contributed by atoms with Crippen molar-refractivity contribution < 1.29 is 14.6 Å². The number of hydrogen-bond donors (Lipinski definition) is 1. The van der Waals surface area contributed by atoms with Crippen LogP contribution in [0.3, 0.4) is 0 Å². The van der Waals surface area contributed by atoms with Gasteiger partial charge in [-0.05, 0) is 25.0 Å². The number of ketones is 1. The molecule has 0 saturated heterocycles. The van der Waals surface area contributed by atoms with E-state index in [1.54, 1.807) is 0 Å². The van der Waals surface area contributed by atoms with Crippen molar-refractivity contribution in [3.63, 3.8) is 0 Å². The lowest BCUT2D eigenvalue weighted by molar-refractivity contribution is -0.113. The van der Waals surface area contributed by atoms with Gasteiger partial charge in [0.2, 0.25) is 5.78 Å². The van der Waals surface area contributed by atoms with Crippen LogP contribution in [-0.4, -0.2) is 17.5 Å².